The lowest BCUT2D eigenvalue weighted by Crippen LogP contribution is -2.35. The molecule has 0 spiro atoms. The average Bonchev–Trinajstić information content (AvgIpc) is 2.96. The number of aryl methyl sites for hydroxylation is 1. The third-order valence-corrected chi connectivity index (χ3v) is 5.76. The molecule has 2 aromatic carbocycles. The van der Waals surface area contributed by atoms with Crippen molar-refractivity contribution in [1.29, 1.82) is 0 Å². The van der Waals surface area contributed by atoms with Crippen molar-refractivity contribution in [2.75, 3.05) is 7.11 Å². The van der Waals surface area contributed by atoms with E-state index in [1.807, 2.05) is 12.1 Å². The predicted molar refractivity (Wildman–Crippen MR) is 99.4 cm³/mol. The van der Waals surface area contributed by atoms with Gasteiger partial charge in [-0.15, -0.1) is 0 Å². The summed E-state index contributed by atoms with van der Waals surface area (Å²) in [5, 5.41) is 3.75. The van der Waals surface area contributed by atoms with Crippen LogP contribution in [-0.2, 0) is 0 Å². The van der Waals surface area contributed by atoms with Gasteiger partial charge in [0.2, 0.25) is 0 Å². The molecule has 2 fully saturated rings. The molecule has 0 saturated carbocycles. The number of fused-ring (bicyclic) bond motifs is 4. The van der Waals surface area contributed by atoms with Gasteiger partial charge in [-0.1, -0.05) is 17.7 Å². The van der Waals surface area contributed by atoms with Crippen LogP contribution in [0.1, 0.15) is 42.4 Å². The smallest absolute Gasteiger partial charge is 0.138 e. The van der Waals surface area contributed by atoms with Gasteiger partial charge in [0.1, 0.15) is 17.2 Å². The van der Waals surface area contributed by atoms with E-state index in [9.17, 15) is 0 Å². The third kappa shape index (κ3) is 2.46. The SMILES string of the molecule is COc1ccc2c(c1)Oc1cc(C)ccc1C2=C1CC2CCC(C1)N2. The first-order valence-corrected chi connectivity index (χ1v) is 9.16. The van der Waals surface area contributed by atoms with Crippen molar-refractivity contribution in [2.24, 2.45) is 0 Å². The number of methoxy groups -OCH3 is 1. The maximum atomic E-state index is 6.26. The Balaban J connectivity index is 1.72. The van der Waals surface area contributed by atoms with Crippen LogP contribution >= 0.6 is 0 Å². The van der Waals surface area contributed by atoms with E-state index < -0.39 is 0 Å². The molecule has 3 heterocycles. The Morgan fingerprint density at radius 3 is 2.36 bits per heavy atom. The largest absolute Gasteiger partial charge is 0.497 e. The van der Waals surface area contributed by atoms with Gasteiger partial charge in [-0.3, -0.25) is 0 Å². The molecule has 5 rings (SSSR count). The Hall–Kier alpha value is -2.26. The topological polar surface area (TPSA) is 30.5 Å². The summed E-state index contributed by atoms with van der Waals surface area (Å²) >= 11 is 0. The molecule has 0 aromatic heterocycles. The summed E-state index contributed by atoms with van der Waals surface area (Å²) in [7, 11) is 1.70. The number of hydrogen-bond donors (Lipinski definition) is 1. The molecule has 0 radical (unpaired) electrons. The Morgan fingerprint density at radius 1 is 0.960 bits per heavy atom. The molecule has 3 heteroatoms. The van der Waals surface area contributed by atoms with Crippen molar-refractivity contribution in [1.82, 2.24) is 5.32 Å². The van der Waals surface area contributed by atoms with Gasteiger partial charge in [-0.05, 0) is 61.9 Å². The summed E-state index contributed by atoms with van der Waals surface area (Å²) in [6.07, 6.45) is 4.89. The van der Waals surface area contributed by atoms with Gasteiger partial charge in [0.15, 0.2) is 0 Å². The van der Waals surface area contributed by atoms with Gasteiger partial charge in [-0.25, -0.2) is 0 Å². The molecule has 2 atom stereocenters. The van der Waals surface area contributed by atoms with Crippen molar-refractivity contribution in [3.05, 3.63) is 58.7 Å². The highest BCUT2D eigenvalue weighted by molar-refractivity contribution is 5.90. The van der Waals surface area contributed by atoms with E-state index in [0.29, 0.717) is 12.1 Å². The van der Waals surface area contributed by atoms with Crippen molar-refractivity contribution >= 4 is 5.57 Å². The highest BCUT2D eigenvalue weighted by atomic mass is 16.5. The zero-order valence-electron chi connectivity index (χ0n) is 14.8. The molecular formula is C22H23NO2. The number of benzene rings is 2. The monoisotopic (exact) mass is 333 g/mol. The number of ether oxygens (including phenoxy) is 2. The first-order valence-electron chi connectivity index (χ1n) is 9.16. The fourth-order valence-corrected chi connectivity index (χ4v) is 4.59. The molecular weight excluding hydrogens is 310 g/mol. The second-order valence-corrected chi connectivity index (χ2v) is 7.49. The van der Waals surface area contributed by atoms with Crippen molar-refractivity contribution in [2.45, 2.75) is 44.7 Å². The lowest BCUT2D eigenvalue weighted by atomic mass is 9.84. The van der Waals surface area contributed by atoms with E-state index in [2.05, 4.69) is 36.5 Å². The summed E-state index contributed by atoms with van der Waals surface area (Å²) in [5.41, 5.74) is 6.62. The molecule has 2 unspecified atom stereocenters. The lowest BCUT2D eigenvalue weighted by molar-refractivity contribution is 0.408. The molecule has 3 nitrogen and oxygen atoms in total. The van der Waals surface area contributed by atoms with Crippen LogP contribution in [0.5, 0.6) is 17.2 Å². The quantitative estimate of drug-likeness (QED) is 0.692. The summed E-state index contributed by atoms with van der Waals surface area (Å²) in [4.78, 5) is 0. The molecule has 2 aromatic rings. The molecule has 0 aliphatic carbocycles. The zero-order chi connectivity index (χ0) is 17.0. The molecule has 128 valence electrons. The highest BCUT2D eigenvalue weighted by Crippen LogP contribution is 2.49. The van der Waals surface area contributed by atoms with Crippen LogP contribution in [0.4, 0.5) is 0 Å². The molecule has 0 amide bonds. The predicted octanol–water partition coefficient (Wildman–Crippen LogP) is 4.83. The second-order valence-electron chi connectivity index (χ2n) is 7.49. The standard InChI is InChI=1S/C22H23NO2/c1-13-3-7-18-20(9-13)25-21-12-17(24-2)6-8-19(21)22(18)14-10-15-4-5-16(11-14)23-15/h3,6-9,12,15-16,23H,4-5,10-11H2,1-2H3. The maximum Gasteiger partial charge on any atom is 0.138 e. The van der Waals surface area contributed by atoms with E-state index >= 15 is 0 Å². The van der Waals surface area contributed by atoms with Gasteiger partial charge in [-0.2, -0.15) is 0 Å². The fourth-order valence-electron chi connectivity index (χ4n) is 4.59. The van der Waals surface area contributed by atoms with Crippen LogP contribution in [0, 0.1) is 6.92 Å². The zero-order valence-corrected chi connectivity index (χ0v) is 14.8. The number of nitrogens with one attached hydrogen (secondary N) is 1. The molecule has 3 aliphatic rings. The summed E-state index contributed by atoms with van der Waals surface area (Å²) < 4.78 is 11.7. The van der Waals surface area contributed by atoms with E-state index in [4.69, 9.17) is 9.47 Å². The van der Waals surface area contributed by atoms with Crippen molar-refractivity contribution < 1.29 is 9.47 Å². The van der Waals surface area contributed by atoms with Gasteiger partial charge in [0.05, 0.1) is 7.11 Å². The normalized spacial score (nSPS) is 23.8. The number of rotatable bonds is 1. The molecule has 1 N–H and O–H groups in total. The van der Waals surface area contributed by atoms with E-state index in [-0.39, 0.29) is 0 Å². The first-order chi connectivity index (χ1) is 12.2. The minimum atomic E-state index is 0.639. The first kappa shape index (κ1) is 15.0. The van der Waals surface area contributed by atoms with E-state index in [1.165, 1.54) is 35.1 Å². The fraction of sp³-hybridized carbons (Fsp3) is 0.364. The van der Waals surface area contributed by atoms with E-state index in [0.717, 1.165) is 30.1 Å². The van der Waals surface area contributed by atoms with Gasteiger partial charge >= 0.3 is 0 Å². The Kier molecular flexibility index (Phi) is 3.39. The summed E-state index contributed by atoms with van der Waals surface area (Å²) in [5.74, 6) is 2.71. The van der Waals surface area contributed by atoms with Crippen LogP contribution in [0.25, 0.3) is 5.57 Å². The second kappa shape index (κ2) is 5.63. The summed E-state index contributed by atoms with van der Waals surface area (Å²) in [6, 6.07) is 14.0. The summed E-state index contributed by atoms with van der Waals surface area (Å²) in [6.45, 7) is 2.11. The minimum absolute atomic E-state index is 0.639. The molecule has 2 saturated heterocycles. The van der Waals surface area contributed by atoms with Crippen molar-refractivity contribution in [3.63, 3.8) is 0 Å². The highest BCUT2D eigenvalue weighted by Gasteiger charge is 2.34. The molecule has 3 aliphatic heterocycles. The lowest BCUT2D eigenvalue weighted by Gasteiger charge is -2.30. The molecule has 25 heavy (non-hydrogen) atoms. The van der Waals surface area contributed by atoms with Crippen LogP contribution in [-0.4, -0.2) is 19.2 Å². The Labute approximate surface area is 148 Å². The Bertz CT molecular complexity index is 870. The third-order valence-electron chi connectivity index (χ3n) is 5.76. The van der Waals surface area contributed by atoms with Crippen LogP contribution < -0.4 is 14.8 Å². The van der Waals surface area contributed by atoms with Crippen LogP contribution in [0.3, 0.4) is 0 Å². The number of piperidine rings is 1. The average molecular weight is 333 g/mol. The molecule has 2 bridgehead atoms. The van der Waals surface area contributed by atoms with Crippen LogP contribution in [0.2, 0.25) is 0 Å². The van der Waals surface area contributed by atoms with Crippen LogP contribution in [0.15, 0.2) is 42.0 Å². The van der Waals surface area contributed by atoms with E-state index in [1.54, 1.807) is 12.7 Å². The van der Waals surface area contributed by atoms with Gasteiger partial charge < -0.3 is 14.8 Å². The maximum absolute atomic E-state index is 6.26. The van der Waals surface area contributed by atoms with Gasteiger partial charge in [0, 0.05) is 29.3 Å². The minimum Gasteiger partial charge on any atom is -0.497 e. The Morgan fingerprint density at radius 2 is 1.64 bits per heavy atom. The van der Waals surface area contributed by atoms with Gasteiger partial charge in [0.25, 0.3) is 0 Å². The van der Waals surface area contributed by atoms with Crippen molar-refractivity contribution in [3.8, 4) is 17.2 Å². The number of hydrogen-bond acceptors (Lipinski definition) is 3.